The van der Waals surface area contributed by atoms with Crippen LogP contribution in [0.1, 0.15) is 40.5 Å². The van der Waals surface area contributed by atoms with Crippen molar-refractivity contribution in [2.45, 2.75) is 64.3 Å². The molecule has 3 N–H and O–H groups in total. The van der Waals surface area contributed by atoms with E-state index < -0.39 is 5.60 Å². The van der Waals surface area contributed by atoms with Crippen molar-refractivity contribution in [1.82, 2.24) is 10.6 Å². The van der Waals surface area contributed by atoms with Crippen molar-refractivity contribution in [2.75, 3.05) is 6.61 Å². The van der Waals surface area contributed by atoms with Gasteiger partial charge in [0.25, 0.3) is 0 Å². The number of carbonyl (C=O) groups is 1. The molecule has 0 aromatic carbocycles. The van der Waals surface area contributed by atoms with E-state index in [1.807, 2.05) is 27.7 Å². The maximum atomic E-state index is 11.5. The highest BCUT2D eigenvalue weighted by molar-refractivity contribution is 5.68. The molecule has 17 heavy (non-hydrogen) atoms. The zero-order valence-electron chi connectivity index (χ0n) is 11.1. The molecule has 1 saturated carbocycles. The van der Waals surface area contributed by atoms with Crippen LogP contribution < -0.4 is 10.6 Å². The van der Waals surface area contributed by atoms with Crippen LogP contribution >= 0.6 is 0 Å². The zero-order chi connectivity index (χ0) is 13.1. The molecule has 0 spiro atoms. The molecule has 5 nitrogen and oxygen atoms in total. The fourth-order valence-electron chi connectivity index (χ4n) is 1.80. The molecule has 0 aromatic rings. The quantitative estimate of drug-likeness (QED) is 0.690. The van der Waals surface area contributed by atoms with Crippen molar-refractivity contribution in [3.8, 4) is 0 Å². The van der Waals surface area contributed by atoms with E-state index in [1.54, 1.807) is 0 Å². The van der Waals surface area contributed by atoms with Crippen LogP contribution in [0.15, 0.2) is 0 Å². The van der Waals surface area contributed by atoms with Crippen LogP contribution in [-0.2, 0) is 4.74 Å². The summed E-state index contributed by atoms with van der Waals surface area (Å²) in [5.41, 5.74) is -0.448. The number of ether oxygens (including phenoxy) is 1. The molecule has 0 aliphatic heterocycles. The minimum atomic E-state index is -0.448. The summed E-state index contributed by atoms with van der Waals surface area (Å²) in [6.45, 7) is 7.62. The molecule has 1 aliphatic carbocycles. The van der Waals surface area contributed by atoms with Crippen LogP contribution in [0.25, 0.3) is 0 Å². The Morgan fingerprint density at radius 3 is 2.47 bits per heavy atom. The lowest BCUT2D eigenvalue weighted by molar-refractivity contribution is 0.0461. The monoisotopic (exact) mass is 244 g/mol. The van der Waals surface area contributed by atoms with Gasteiger partial charge in [-0.25, -0.2) is 4.79 Å². The lowest BCUT2D eigenvalue weighted by Gasteiger charge is -2.38. The van der Waals surface area contributed by atoms with Crippen LogP contribution in [0.4, 0.5) is 4.79 Å². The van der Waals surface area contributed by atoms with Crippen molar-refractivity contribution in [3.63, 3.8) is 0 Å². The minimum Gasteiger partial charge on any atom is -0.444 e. The molecule has 0 saturated heterocycles. The molecule has 1 atom stereocenters. The second kappa shape index (κ2) is 5.69. The van der Waals surface area contributed by atoms with Gasteiger partial charge in [-0.1, -0.05) is 0 Å². The Kier molecular flexibility index (Phi) is 4.77. The van der Waals surface area contributed by atoms with Crippen molar-refractivity contribution >= 4 is 6.09 Å². The molecule has 5 heteroatoms. The van der Waals surface area contributed by atoms with E-state index in [-0.39, 0.29) is 24.8 Å². The third-order valence-electron chi connectivity index (χ3n) is 2.65. The number of hydrogen-bond acceptors (Lipinski definition) is 4. The highest BCUT2D eigenvalue weighted by Crippen LogP contribution is 2.21. The van der Waals surface area contributed by atoms with E-state index in [1.165, 1.54) is 0 Å². The summed E-state index contributed by atoms with van der Waals surface area (Å²) in [4.78, 5) is 11.5. The van der Waals surface area contributed by atoms with Gasteiger partial charge in [-0.15, -0.1) is 0 Å². The lowest BCUT2D eigenvalue weighted by atomic mass is 9.86. The number of rotatable bonds is 4. The maximum absolute atomic E-state index is 11.5. The van der Waals surface area contributed by atoms with Crippen LogP contribution in [0.5, 0.6) is 0 Å². The molecule has 1 fully saturated rings. The van der Waals surface area contributed by atoms with Gasteiger partial charge >= 0.3 is 6.09 Å². The fourth-order valence-corrected chi connectivity index (χ4v) is 1.80. The van der Waals surface area contributed by atoms with Crippen molar-refractivity contribution in [2.24, 2.45) is 0 Å². The first-order valence-corrected chi connectivity index (χ1v) is 6.16. The number of amides is 1. The minimum absolute atomic E-state index is 0.113. The standard InChI is InChI=1S/C12H24N2O3/c1-8(7-15)13-9-5-10(6-9)14-11(16)17-12(2,3)4/h8-10,13,15H,5-7H2,1-4H3,(H,14,16)/t8-,9?,10?/m1/s1. The molecule has 0 aromatic heterocycles. The predicted molar refractivity (Wildman–Crippen MR) is 65.9 cm³/mol. The van der Waals surface area contributed by atoms with Crippen LogP contribution in [-0.4, -0.2) is 41.5 Å². The van der Waals surface area contributed by atoms with Gasteiger partial charge in [0.05, 0.1) is 6.61 Å². The van der Waals surface area contributed by atoms with Crippen LogP contribution in [0.3, 0.4) is 0 Å². The lowest BCUT2D eigenvalue weighted by Crippen LogP contribution is -2.55. The molecule has 1 rings (SSSR count). The van der Waals surface area contributed by atoms with E-state index in [0.29, 0.717) is 6.04 Å². The van der Waals surface area contributed by atoms with E-state index >= 15 is 0 Å². The Hall–Kier alpha value is -0.810. The second-order valence-electron chi connectivity index (χ2n) is 5.76. The number of aliphatic hydroxyl groups excluding tert-OH is 1. The maximum Gasteiger partial charge on any atom is 0.407 e. The summed E-state index contributed by atoms with van der Waals surface area (Å²) in [5, 5.41) is 15.0. The second-order valence-corrected chi connectivity index (χ2v) is 5.76. The van der Waals surface area contributed by atoms with E-state index in [2.05, 4.69) is 10.6 Å². The normalized spacial score (nSPS) is 25.9. The van der Waals surface area contributed by atoms with Gasteiger partial charge < -0.3 is 20.5 Å². The Morgan fingerprint density at radius 1 is 1.41 bits per heavy atom. The molecule has 0 unspecified atom stereocenters. The van der Waals surface area contributed by atoms with E-state index in [9.17, 15) is 4.79 Å². The Morgan fingerprint density at radius 2 is 2.00 bits per heavy atom. The summed E-state index contributed by atoms with van der Waals surface area (Å²) in [6, 6.07) is 0.688. The number of carbonyl (C=O) groups excluding carboxylic acids is 1. The Bertz CT molecular complexity index is 257. The third-order valence-corrected chi connectivity index (χ3v) is 2.65. The van der Waals surface area contributed by atoms with Crippen LogP contribution in [0.2, 0.25) is 0 Å². The predicted octanol–water partition coefficient (Wildman–Crippen LogP) is 1.01. The summed E-state index contributed by atoms with van der Waals surface area (Å²) >= 11 is 0. The van der Waals surface area contributed by atoms with Crippen molar-refractivity contribution in [3.05, 3.63) is 0 Å². The Balaban J connectivity index is 2.15. The first kappa shape index (κ1) is 14.3. The van der Waals surface area contributed by atoms with Crippen LogP contribution in [0, 0.1) is 0 Å². The third kappa shape index (κ3) is 5.37. The summed E-state index contributed by atoms with van der Waals surface area (Å²) < 4.78 is 5.17. The molecule has 1 aliphatic rings. The van der Waals surface area contributed by atoms with Gasteiger partial charge in [0.15, 0.2) is 0 Å². The van der Waals surface area contributed by atoms with Crippen molar-refractivity contribution < 1.29 is 14.6 Å². The highest BCUT2D eigenvalue weighted by atomic mass is 16.6. The SMILES string of the molecule is C[C@H](CO)NC1CC(NC(=O)OC(C)(C)C)C1. The van der Waals surface area contributed by atoms with Gasteiger partial charge in [0, 0.05) is 18.1 Å². The largest absolute Gasteiger partial charge is 0.444 e. The fraction of sp³-hybridized carbons (Fsp3) is 0.917. The molecular formula is C12H24N2O3. The molecular weight excluding hydrogens is 220 g/mol. The van der Waals surface area contributed by atoms with Crippen molar-refractivity contribution in [1.29, 1.82) is 0 Å². The number of aliphatic hydroxyl groups is 1. The number of hydrogen-bond donors (Lipinski definition) is 3. The smallest absolute Gasteiger partial charge is 0.407 e. The first-order valence-electron chi connectivity index (χ1n) is 6.16. The van der Waals surface area contributed by atoms with Gasteiger partial charge in [0.1, 0.15) is 5.60 Å². The molecule has 0 bridgehead atoms. The highest BCUT2D eigenvalue weighted by Gasteiger charge is 2.31. The number of alkyl carbamates (subject to hydrolysis) is 1. The summed E-state index contributed by atoms with van der Waals surface area (Å²) in [5.74, 6) is 0. The first-order chi connectivity index (χ1) is 7.80. The molecule has 1 amide bonds. The summed E-state index contributed by atoms with van der Waals surface area (Å²) in [7, 11) is 0. The Labute approximate surface area is 103 Å². The van der Waals surface area contributed by atoms with Gasteiger partial charge in [-0.2, -0.15) is 0 Å². The number of nitrogens with one attached hydrogen (secondary N) is 2. The zero-order valence-corrected chi connectivity index (χ0v) is 11.1. The average molecular weight is 244 g/mol. The van der Waals surface area contributed by atoms with Gasteiger partial charge in [0.2, 0.25) is 0 Å². The van der Waals surface area contributed by atoms with E-state index in [4.69, 9.17) is 9.84 Å². The topological polar surface area (TPSA) is 70.6 Å². The summed E-state index contributed by atoms with van der Waals surface area (Å²) in [6.07, 6.45) is 1.43. The molecule has 100 valence electrons. The molecule has 0 heterocycles. The van der Waals surface area contributed by atoms with E-state index in [0.717, 1.165) is 12.8 Å². The van der Waals surface area contributed by atoms with Gasteiger partial charge in [-0.05, 0) is 40.5 Å². The molecule has 0 radical (unpaired) electrons. The van der Waals surface area contributed by atoms with Gasteiger partial charge in [-0.3, -0.25) is 0 Å². The average Bonchev–Trinajstić information content (AvgIpc) is 2.11.